The molecule has 0 aliphatic heterocycles. The third kappa shape index (κ3) is 2.12. The third-order valence-corrected chi connectivity index (χ3v) is 3.41. The van der Waals surface area contributed by atoms with Gasteiger partial charge in [0, 0.05) is 11.6 Å². The summed E-state index contributed by atoms with van der Waals surface area (Å²) in [5.74, 6) is 1.25. The minimum Gasteiger partial charge on any atom is -0.492 e. The van der Waals surface area contributed by atoms with Gasteiger partial charge in [-0.15, -0.1) is 0 Å². The van der Waals surface area contributed by atoms with Crippen LogP contribution in [0, 0.1) is 17.2 Å². The first-order valence-corrected chi connectivity index (χ1v) is 6.27. The zero-order chi connectivity index (χ0) is 12.5. The lowest BCUT2D eigenvalue weighted by Gasteiger charge is -2.09. The zero-order valence-electron chi connectivity index (χ0n) is 9.69. The normalized spacial score (nSPS) is 14.4. The van der Waals surface area contributed by atoms with Crippen LogP contribution >= 0.6 is 11.6 Å². The van der Waals surface area contributed by atoms with Crippen molar-refractivity contribution in [2.75, 3.05) is 6.61 Å². The summed E-state index contributed by atoms with van der Waals surface area (Å²) >= 11 is 6.05. The highest BCUT2D eigenvalue weighted by Crippen LogP contribution is 2.33. The first-order valence-electron chi connectivity index (χ1n) is 5.89. The van der Waals surface area contributed by atoms with Gasteiger partial charge in [0.15, 0.2) is 0 Å². The highest BCUT2D eigenvalue weighted by Gasteiger charge is 2.22. The summed E-state index contributed by atoms with van der Waals surface area (Å²) in [4.78, 5) is 4.04. The van der Waals surface area contributed by atoms with Gasteiger partial charge in [0.05, 0.1) is 12.2 Å². The molecule has 1 aromatic heterocycles. The van der Waals surface area contributed by atoms with E-state index < -0.39 is 0 Å². The average molecular weight is 259 g/mol. The van der Waals surface area contributed by atoms with Crippen LogP contribution in [0.25, 0.3) is 10.8 Å². The third-order valence-electron chi connectivity index (χ3n) is 3.11. The van der Waals surface area contributed by atoms with Gasteiger partial charge >= 0.3 is 0 Å². The van der Waals surface area contributed by atoms with Crippen LogP contribution in [0.1, 0.15) is 18.4 Å². The molecule has 3 nitrogen and oxygen atoms in total. The molecule has 18 heavy (non-hydrogen) atoms. The Morgan fingerprint density at radius 1 is 1.44 bits per heavy atom. The molecule has 0 unspecified atom stereocenters. The van der Waals surface area contributed by atoms with Crippen molar-refractivity contribution in [3.05, 3.63) is 35.1 Å². The zero-order valence-corrected chi connectivity index (χ0v) is 10.4. The highest BCUT2D eigenvalue weighted by atomic mass is 35.5. The number of nitriles is 1. The molecule has 0 N–H and O–H groups in total. The fourth-order valence-electron chi connectivity index (χ4n) is 1.86. The number of pyridine rings is 1. The quantitative estimate of drug-likeness (QED) is 0.791. The van der Waals surface area contributed by atoms with Crippen LogP contribution in [0.3, 0.4) is 0 Å². The van der Waals surface area contributed by atoms with E-state index in [0.717, 1.165) is 10.8 Å². The van der Waals surface area contributed by atoms with Crippen LogP contribution in [0.4, 0.5) is 0 Å². The van der Waals surface area contributed by atoms with Gasteiger partial charge in [-0.1, -0.05) is 11.6 Å². The predicted octanol–water partition coefficient (Wildman–Crippen LogP) is 3.55. The Balaban J connectivity index is 2.04. The molecule has 1 heterocycles. The minimum absolute atomic E-state index is 0.438. The van der Waals surface area contributed by atoms with Gasteiger partial charge in [0.1, 0.15) is 17.0 Å². The van der Waals surface area contributed by atoms with Gasteiger partial charge < -0.3 is 4.74 Å². The van der Waals surface area contributed by atoms with E-state index in [2.05, 4.69) is 11.1 Å². The monoisotopic (exact) mass is 258 g/mol. The fourth-order valence-corrected chi connectivity index (χ4v) is 2.08. The second kappa shape index (κ2) is 4.47. The molecule has 4 heteroatoms. The van der Waals surface area contributed by atoms with Crippen molar-refractivity contribution in [3.63, 3.8) is 0 Å². The molecular weight excluding hydrogens is 248 g/mol. The van der Waals surface area contributed by atoms with Gasteiger partial charge in [-0.2, -0.15) is 5.26 Å². The molecule has 0 radical (unpaired) electrons. The average Bonchev–Trinajstić information content (AvgIpc) is 3.20. The van der Waals surface area contributed by atoms with E-state index in [0.29, 0.717) is 29.0 Å². The van der Waals surface area contributed by atoms with Crippen LogP contribution < -0.4 is 4.74 Å². The number of hydrogen-bond acceptors (Lipinski definition) is 3. The first-order chi connectivity index (χ1) is 8.78. The first kappa shape index (κ1) is 11.3. The van der Waals surface area contributed by atoms with Gasteiger partial charge in [-0.3, -0.25) is 0 Å². The Hall–Kier alpha value is -1.79. The minimum atomic E-state index is 0.438. The maximum absolute atomic E-state index is 9.15. The molecule has 0 saturated heterocycles. The van der Waals surface area contributed by atoms with E-state index in [1.54, 1.807) is 12.3 Å². The lowest BCUT2D eigenvalue weighted by atomic mass is 10.1. The Kier molecular flexibility index (Phi) is 2.81. The Morgan fingerprint density at radius 2 is 2.28 bits per heavy atom. The number of benzene rings is 1. The van der Waals surface area contributed by atoms with Gasteiger partial charge in [0.2, 0.25) is 0 Å². The topological polar surface area (TPSA) is 45.9 Å². The van der Waals surface area contributed by atoms with E-state index in [9.17, 15) is 0 Å². The van der Waals surface area contributed by atoms with Crippen molar-refractivity contribution in [2.24, 2.45) is 5.92 Å². The molecular formula is C14H11ClN2O. The molecule has 0 bridgehead atoms. The number of hydrogen-bond donors (Lipinski definition) is 0. The maximum Gasteiger partial charge on any atom is 0.137 e. The summed E-state index contributed by atoms with van der Waals surface area (Å²) in [6.45, 7) is 0.679. The van der Waals surface area contributed by atoms with Crippen LogP contribution in [-0.2, 0) is 0 Å². The number of fused-ring (bicyclic) bond motifs is 1. The lowest BCUT2D eigenvalue weighted by Crippen LogP contribution is -2.00. The summed E-state index contributed by atoms with van der Waals surface area (Å²) in [5.41, 5.74) is 0.547. The molecule has 1 saturated carbocycles. The highest BCUT2D eigenvalue weighted by molar-refractivity contribution is 6.34. The SMILES string of the molecule is N#Cc1cc2ccnc(Cl)c2cc1OCC1CC1. The van der Waals surface area contributed by atoms with Crippen molar-refractivity contribution in [2.45, 2.75) is 12.8 Å². The summed E-state index contributed by atoms with van der Waals surface area (Å²) in [6.07, 6.45) is 4.08. The van der Waals surface area contributed by atoms with E-state index in [-0.39, 0.29) is 0 Å². The molecule has 3 rings (SSSR count). The molecule has 2 aromatic rings. The summed E-state index contributed by atoms with van der Waals surface area (Å²) < 4.78 is 5.71. The number of rotatable bonds is 3. The summed E-state index contributed by atoms with van der Waals surface area (Å²) in [5, 5.41) is 11.3. The molecule has 1 aliphatic carbocycles. The molecule has 1 aliphatic rings. The van der Waals surface area contributed by atoms with Crippen molar-refractivity contribution in [1.82, 2.24) is 4.98 Å². The molecule has 90 valence electrons. The number of halogens is 1. The van der Waals surface area contributed by atoms with E-state index in [4.69, 9.17) is 21.6 Å². The Labute approximate surface area is 110 Å². The van der Waals surface area contributed by atoms with E-state index in [1.807, 2.05) is 12.1 Å². The smallest absolute Gasteiger partial charge is 0.137 e. The lowest BCUT2D eigenvalue weighted by molar-refractivity contribution is 0.299. The van der Waals surface area contributed by atoms with Crippen LogP contribution in [0.2, 0.25) is 5.15 Å². The Morgan fingerprint density at radius 3 is 3.00 bits per heavy atom. The summed E-state index contributed by atoms with van der Waals surface area (Å²) in [7, 11) is 0. The predicted molar refractivity (Wildman–Crippen MR) is 69.7 cm³/mol. The second-order valence-corrected chi connectivity index (χ2v) is 4.90. The molecule has 0 amide bonds. The van der Waals surface area contributed by atoms with Crippen molar-refractivity contribution in [1.29, 1.82) is 5.26 Å². The maximum atomic E-state index is 9.15. The Bertz CT molecular complexity index is 644. The fraction of sp³-hybridized carbons (Fsp3) is 0.286. The van der Waals surface area contributed by atoms with Crippen LogP contribution in [-0.4, -0.2) is 11.6 Å². The standard InChI is InChI=1S/C14H11ClN2O/c15-14-12-6-13(18-8-9-1-2-9)11(7-16)5-10(12)3-4-17-14/h3-6,9H,1-2,8H2. The van der Waals surface area contributed by atoms with Crippen molar-refractivity contribution >= 4 is 22.4 Å². The van der Waals surface area contributed by atoms with Crippen molar-refractivity contribution in [3.8, 4) is 11.8 Å². The largest absolute Gasteiger partial charge is 0.492 e. The number of aromatic nitrogens is 1. The van der Waals surface area contributed by atoms with Crippen molar-refractivity contribution < 1.29 is 4.74 Å². The van der Waals surface area contributed by atoms with Crippen LogP contribution in [0.5, 0.6) is 5.75 Å². The van der Waals surface area contributed by atoms with Crippen LogP contribution in [0.15, 0.2) is 24.4 Å². The van der Waals surface area contributed by atoms with Gasteiger partial charge in [-0.25, -0.2) is 4.98 Å². The van der Waals surface area contributed by atoms with E-state index >= 15 is 0 Å². The molecule has 1 aromatic carbocycles. The molecule has 1 fully saturated rings. The van der Waals surface area contributed by atoms with Gasteiger partial charge in [-0.05, 0) is 42.3 Å². The number of nitrogens with zero attached hydrogens (tertiary/aromatic N) is 2. The van der Waals surface area contributed by atoms with E-state index in [1.165, 1.54) is 12.8 Å². The molecule has 0 atom stereocenters. The summed E-state index contributed by atoms with van der Waals surface area (Å²) in [6, 6.07) is 7.61. The second-order valence-electron chi connectivity index (χ2n) is 4.54. The van der Waals surface area contributed by atoms with Gasteiger partial charge in [0.25, 0.3) is 0 Å². The molecule has 0 spiro atoms. The number of ether oxygens (including phenoxy) is 1.